The fourth-order valence-electron chi connectivity index (χ4n) is 3.57. The maximum Gasteiger partial charge on any atom is 0.416 e. The molecular formula is C22H16F7N3. The molecule has 10 heteroatoms. The lowest BCUT2D eigenvalue weighted by Gasteiger charge is -2.28. The lowest BCUT2D eigenvalue weighted by molar-refractivity contribution is -0.138. The first-order valence-corrected chi connectivity index (χ1v) is 9.61. The molecular weight excluding hydrogens is 439 g/mol. The van der Waals surface area contributed by atoms with Crippen LogP contribution in [-0.4, -0.2) is 21.4 Å². The number of benzene rings is 2. The molecule has 0 radical (unpaired) electrons. The first kappa shape index (κ1) is 22.2. The second-order valence-corrected chi connectivity index (χ2v) is 7.51. The van der Waals surface area contributed by atoms with E-state index in [1.54, 1.807) is 11.1 Å². The Bertz CT molecular complexity index is 1120. The van der Waals surface area contributed by atoms with Crippen LogP contribution in [0.15, 0.2) is 48.7 Å². The summed E-state index contributed by atoms with van der Waals surface area (Å²) in [7, 11) is 0. The van der Waals surface area contributed by atoms with Crippen molar-refractivity contribution in [3.05, 3.63) is 82.4 Å². The molecule has 32 heavy (non-hydrogen) atoms. The highest BCUT2D eigenvalue weighted by atomic mass is 19.4. The van der Waals surface area contributed by atoms with Gasteiger partial charge in [-0.15, -0.1) is 0 Å². The van der Waals surface area contributed by atoms with Crippen LogP contribution in [-0.2, 0) is 31.9 Å². The number of aromatic nitrogens is 2. The van der Waals surface area contributed by atoms with Gasteiger partial charge in [0.1, 0.15) is 5.82 Å². The Labute approximate surface area is 178 Å². The predicted octanol–water partition coefficient (Wildman–Crippen LogP) is 5.88. The molecule has 0 N–H and O–H groups in total. The number of halogens is 7. The van der Waals surface area contributed by atoms with Crippen LogP contribution < -0.4 is 0 Å². The third-order valence-electron chi connectivity index (χ3n) is 5.25. The molecule has 0 atom stereocenters. The summed E-state index contributed by atoms with van der Waals surface area (Å²) in [4.78, 5) is 10.5. The second kappa shape index (κ2) is 8.16. The fraction of sp³-hybridized carbons (Fsp3) is 0.273. The normalized spacial score (nSPS) is 15.0. The quantitative estimate of drug-likeness (QED) is 0.462. The van der Waals surface area contributed by atoms with Crippen LogP contribution in [0.5, 0.6) is 0 Å². The zero-order valence-electron chi connectivity index (χ0n) is 16.4. The molecule has 3 aromatic rings. The summed E-state index contributed by atoms with van der Waals surface area (Å²) >= 11 is 0. The van der Waals surface area contributed by atoms with Crippen LogP contribution in [0.25, 0.3) is 11.4 Å². The molecule has 1 aromatic heterocycles. The highest BCUT2D eigenvalue weighted by molar-refractivity contribution is 5.56. The Morgan fingerprint density at radius 2 is 1.53 bits per heavy atom. The van der Waals surface area contributed by atoms with E-state index in [-0.39, 0.29) is 17.9 Å². The third kappa shape index (κ3) is 4.74. The second-order valence-electron chi connectivity index (χ2n) is 7.51. The van der Waals surface area contributed by atoms with Gasteiger partial charge < -0.3 is 0 Å². The van der Waals surface area contributed by atoms with Crippen molar-refractivity contribution in [3.8, 4) is 11.4 Å². The number of nitrogens with zero attached hydrogens (tertiary/aromatic N) is 3. The molecule has 0 spiro atoms. The van der Waals surface area contributed by atoms with Crippen molar-refractivity contribution in [1.29, 1.82) is 0 Å². The summed E-state index contributed by atoms with van der Waals surface area (Å²) in [5.41, 5.74) is 0.155. The minimum absolute atomic E-state index is 0.00412. The minimum atomic E-state index is -4.56. The zero-order chi connectivity index (χ0) is 23.1. The Balaban J connectivity index is 1.50. The average molecular weight is 455 g/mol. The number of alkyl halides is 6. The van der Waals surface area contributed by atoms with Crippen molar-refractivity contribution in [2.75, 3.05) is 6.54 Å². The molecule has 0 saturated carbocycles. The molecule has 0 bridgehead atoms. The zero-order valence-corrected chi connectivity index (χ0v) is 16.4. The van der Waals surface area contributed by atoms with E-state index in [1.165, 1.54) is 12.1 Å². The van der Waals surface area contributed by atoms with Crippen LogP contribution in [0, 0.1) is 5.82 Å². The van der Waals surface area contributed by atoms with E-state index < -0.39 is 29.3 Å². The Kier molecular flexibility index (Phi) is 5.66. The molecule has 0 saturated heterocycles. The summed E-state index contributed by atoms with van der Waals surface area (Å²) in [5.74, 6) is -0.424. The van der Waals surface area contributed by atoms with Gasteiger partial charge >= 0.3 is 12.4 Å². The molecule has 4 rings (SSSR count). The summed E-state index contributed by atoms with van der Waals surface area (Å²) in [6.07, 6.45) is -6.99. The summed E-state index contributed by atoms with van der Waals surface area (Å²) in [6.45, 7) is 0.750. The van der Waals surface area contributed by atoms with Crippen molar-refractivity contribution in [2.45, 2.75) is 31.9 Å². The number of rotatable bonds is 3. The van der Waals surface area contributed by atoms with Gasteiger partial charge in [-0.25, -0.2) is 14.4 Å². The van der Waals surface area contributed by atoms with Crippen LogP contribution in [0.4, 0.5) is 30.7 Å². The first-order chi connectivity index (χ1) is 15.0. The molecule has 2 heterocycles. The Morgan fingerprint density at radius 3 is 2.19 bits per heavy atom. The lowest BCUT2D eigenvalue weighted by Crippen LogP contribution is -2.31. The van der Waals surface area contributed by atoms with Gasteiger partial charge in [-0.1, -0.05) is 12.1 Å². The average Bonchev–Trinajstić information content (AvgIpc) is 2.73. The molecule has 2 aromatic carbocycles. The molecule has 1 aliphatic heterocycles. The van der Waals surface area contributed by atoms with Crippen LogP contribution >= 0.6 is 0 Å². The van der Waals surface area contributed by atoms with Gasteiger partial charge in [0.2, 0.25) is 0 Å². The van der Waals surface area contributed by atoms with Gasteiger partial charge in [0.15, 0.2) is 5.82 Å². The Morgan fingerprint density at radius 1 is 0.875 bits per heavy atom. The van der Waals surface area contributed by atoms with Gasteiger partial charge in [0.25, 0.3) is 0 Å². The van der Waals surface area contributed by atoms with E-state index in [2.05, 4.69) is 9.97 Å². The van der Waals surface area contributed by atoms with Gasteiger partial charge in [0, 0.05) is 48.9 Å². The van der Waals surface area contributed by atoms with Gasteiger partial charge in [-0.05, 0) is 30.3 Å². The smallest absolute Gasteiger partial charge is 0.294 e. The maximum atomic E-state index is 14.1. The van der Waals surface area contributed by atoms with Crippen LogP contribution in [0.3, 0.4) is 0 Å². The predicted molar refractivity (Wildman–Crippen MR) is 102 cm³/mol. The molecule has 0 unspecified atom stereocenters. The van der Waals surface area contributed by atoms with Crippen molar-refractivity contribution in [2.24, 2.45) is 0 Å². The van der Waals surface area contributed by atoms with E-state index in [4.69, 9.17) is 0 Å². The third-order valence-corrected chi connectivity index (χ3v) is 5.25. The maximum absolute atomic E-state index is 14.1. The van der Waals surface area contributed by atoms with E-state index in [1.807, 2.05) is 0 Å². The van der Waals surface area contributed by atoms with Gasteiger partial charge in [-0.3, -0.25) is 4.90 Å². The molecule has 0 aliphatic carbocycles. The topological polar surface area (TPSA) is 29.0 Å². The molecule has 0 fully saturated rings. The van der Waals surface area contributed by atoms with Crippen molar-refractivity contribution in [3.63, 3.8) is 0 Å². The highest BCUT2D eigenvalue weighted by Crippen LogP contribution is 2.32. The molecule has 1 aliphatic rings. The van der Waals surface area contributed by atoms with Gasteiger partial charge in [0.05, 0.1) is 16.8 Å². The fourth-order valence-corrected chi connectivity index (χ4v) is 3.57. The van der Waals surface area contributed by atoms with Crippen molar-refractivity contribution >= 4 is 0 Å². The van der Waals surface area contributed by atoms with E-state index >= 15 is 0 Å². The van der Waals surface area contributed by atoms with E-state index in [0.29, 0.717) is 36.8 Å². The largest absolute Gasteiger partial charge is 0.416 e. The molecule has 3 nitrogen and oxygen atoms in total. The number of hydrogen-bond donors (Lipinski definition) is 0. The van der Waals surface area contributed by atoms with E-state index in [0.717, 1.165) is 29.8 Å². The van der Waals surface area contributed by atoms with Crippen LogP contribution in [0.1, 0.15) is 27.9 Å². The van der Waals surface area contributed by atoms with Gasteiger partial charge in [-0.2, -0.15) is 26.3 Å². The Hall–Kier alpha value is -3.01. The van der Waals surface area contributed by atoms with Crippen molar-refractivity contribution in [1.82, 2.24) is 14.9 Å². The standard InChI is InChI=1S/C22H16F7N3/c23-18-6-5-17(22(27,28)29)9-14(18)11-32-8-7-19-15(12-32)10-30-20(31-19)13-1-3-16(4-2-13)21(24,25)26/h1-6,9-10H,7-8,11-12H2. The molecule has 0 amide bonds. The monoisotopic (exact) mass is 455 g/mol. The van der Waals surface area contributed by atoms with Crippen molar-refractivity contribution < 1.29 is 30.7 Å². The highest BCUT2D eigenvalue weighted by Gasteiger charge is 2.32. The van der Waals surface area contributed by atoms with E-state index in [9.17, 15) is 30.7 Å². The summed E-state index contributed by atoms with van der Waals surface area (Å²) < 4.78 is 91.0. The molecule has 168 valence electrons. The number of fused-ring (bicyclic) bond motifs is 1. The first-order valence-electron chi connectivity index (χ1n) is 9.61. The van der Waals surface area contributed by atoms with Crippen LogP contribution in [0.2, 0.25) is 0 Å². The lowest BCUT2D eigenvalue weighted by atomic mass is 10.0. The minimum Gasteiger partial charge on any atom is -0.294 e. The number of hydrogen-bond acceptors (Lipinski definition) is 3. The summed E-state index contributed by atoms with van der Waals surface area (Å²) in [5, 5.41) is 0. The summed E-state index contributed by atoms with van der Waals surface area (Å²) in [6, 6.07) is 6.87. The SMILES string of the molecule is Fc1ccc(C(F)(F)F)cc1CN1CCc2nc(-c3ccc(C(F)(F)F)cc3)ncc2C1.